The van der Waals surface area contributed by atoms with Gasteiger partial charge in [-0.15, -0.1) is 0 Å². The molecule has 1 unspecified atom stereocenters. The Morgan fingerprint density at radius 1 is 1.22 bits per heavy atom. The summed E-state index contributed by atoms with van der Waals surface area (Å²) in [6, 6.07) is 0. The smallest absolute Gasteiger partial charge is 0.330 e. The Morgan fingerprint density at radius 2 is 1.72 bits per heavy atom. The topological polar surface area (TPSA) is 66.6 Å². The van der Waals surface area contributed by atoms with Crippen molar-refractivity contribution in [1.29, 1.82) is 0 Å². The van der Waals surface area contributed by atoms with E-state index in [9.17, 15) is 21.6 Å². The molecule has 0 aromatic heterocycles. The molecule has 5 nitrogen and oxygen atoms in total. The van der Waals surface area contributed by atoms with Crippen molar-refractivity contribution in [2.75, 3.05) is 45.5 Å². The molecule has 0 aliphatic carbocycles. The van der Waals surface area contributed by atoms with Gasteiger partial charge in [0, 0.05) is 39.3 Å². The van der Waals surface area contributed by atoms with Crippen molar-refractivity contribution >= 4 is 10.0 Å². The molecule has 0 spiro atoms. The molecule has 1 rings (SSSR count). The number of rotatable bonds is 4. The van der Waals surface area contributed by atoms with E-state index in [0.717, 1.165) is 6.26 Å². The van der Waals surface area contributed by atoms with Crippen LogP contribution in [0.1, 0.15) is 0 Å². The lowest BCUT2D eigenvalue weighted by Crippen LogP contribution is -2.51. The fourth-order valence-electron chi connectivity index (χ4n) is 1.87. The van der Waals surface area contributed by atoms with Crippen LogP contribution in [0.5, 0.6) is 0 Å². The van der Waals surface area contributed by atoms with Crippen molar-refractivity contribution in [1.82, 2.24) is 9.21 Å². The second-order valence-electron chi connectivity index (χ2n) is 4.44. The summed E-state index contributed by atoms with van der Waals surface area (Å²) < 4.78 is 61.3. The van der Waals surface area contributed by atoms with Crippen LogP contribution in [0.3, 0.4) is 0 Å². The van der Waals surface area contributed by atoms with Crippen LogP contribution in [0, 0.1) is 5.92 Å². The maximum Gasteiger partial charge on any atom is 0.394 e. The number of halogens is 3. The zero-order valence-electron chi connectivity index (χ0n) is 10.2. The Morgan fingerprint density at radius 3 is 2.06 bits per heavy atom. The minimum absolute atomic E-state index is 0.169. The van der Waals surface area contributed by atoms with Gasteiger partial charge in [0.05, 0.1) is 12.2 Å². The summed E-state index contributed by atoms with van der Waals surface area (Å²) in [5.41, 5.74) is 5.12. The number of hydrogen-bond acceptors (Lipinski definition) is 4. The molecule has 1 saturated heterocycles. The van der Waals surface area contributed by atoms with E-state index in [1.165, 1.54) is 4.31 Å². The highest BCUT2D eigenvalue weighted by atomic mass is 32.2. The van der Waals surface area contributed by atoms with Gasteiger partial charge in [-0.3, -0.25) is 0 Å². The first-order valence-electron chi connectivity index (χ1n) is 5.59. The molecule has 0 aromatic carbocycles. The van der Waals surface area contributed by atoms with E-state index in [2.05, 4.69) is 0 Å². The van der Waals surface area contributed by atoms with Crippen molar-refractivity contribution < 1.29 is 21.6 Å². The maximum absolute atomic E-state index is 12.5. The Bertz CT molecular complexity index is 364. The number of sulfonamides is 1. The largest absolute Gasteiger partial charge is 0.394 e. The Hall–Kier alpha value is -0.380. The van der Waals surface area contributed by atoms with Gasteiger partial charge in [-0.05, 0) is 0 Å². The molecule has 1 heterocycles. The van der Waals surface area contributed by atoms with Crippen LogP contribution >= 0.6 is 0 Å². The van der Waals surface area contributed by atoms with E-state index in [-0.39, 0.29) is 19.6 Å². The predicted octanol–water partition coefficient (Wildman–Crippen LogP) is -0.299. The molecule has 1 fully saturated rings. The summed E-state index contributed by atoms with van der Waals surface area (Å²) in [6.07, 6.45) is -3.20. The minimum Gasteiger partial charge on any atom is -0.330 e. The summed E-state index contributed by atoms with van der Waals surface area (Å²) in [5, 5.41) is 0. The second kappa shape index (κ2) is 5.72. The summed E-state index contributed by atoms with van der Waals surface area (Å²) in [6.45, 7) is 0.453. The van der Waals surface area contributed by atoms with Crippen molar-refractivity contribution in [3.8, 4) is 0 Å². The number of nitrogens with zero attached hydrogens (tertiary/aromatic N) is 2. The molecule has 0 radical (unpaired) electrons. The highest BCUT2D eigenvalue weighted by Gasteiger charge is 2.40. The molecule has 0 bridgehead atoms. The molecule has 1 aliphatic rings. The van der Waals surface area contributed by atoms with Crippen LogP contribution in [0.25, 0.3) is 0 Å². The van der Waals surface area contributed by atoms with Crippen molar-refractivity contribution in [2.24, 2.45) is 11.7 Å². The molecular weight excluding hydrogens is 271 g/mol. The van der Waals surface area contributed by atoms with E-state index < -0.39 is 28.7 Å². The van der Waals surface area contributed by atoms with E-state index >= 15 is 0 Å². The summed E-state index contributed by atoms with van der Waals surface area (Å²) in [4.78, 5) is 1.60. The van der Waals surface area contributed by atoms with Crippen molar-refractivity contribution in [3.63, 3.8) is 0 Å². The number of hydrogen-bond donors (Lipinski definition) is 1. The number of alkyl halides is 3. The first kappa shape index (κ1) is 15.7. The lowest BCUT2D eigenvalue weighted by molar-refractivity contribution is -0.176. The van der Waals surface area contributed by atoms with Gasteiger partial charge in [-0.1, -0.05) is 0 Å². The molecule has 2 N–H and O–H groups in total. The van der Waals surface area contributed by atoms with Crippen LogP contribution in [-0.2, 0) is 10.0 Å². The lowest BCUT2D eigenvalue weighted by atomic mass is 10.1. The van der Waals surface area contributed by atoms with Gasteiger partial charge in [0.2, 0.25) is 10.0 Å². The summed E-state index contributed by atoms with van der Waals surface area (Å²) in [5.74, 6) is -1.55. The monoisotopic (exact) mass is 289 g/mol. The van der Waals surface area contributed by atoms with Crippen LogP contribution in [-0.4, -0.2) is 69.3 Å². The zero-order valence-corrected chi connectivity index (χ0v) is 11.0. The third kappa shape index (κ3) is 4.38. The first-order chi connectivity index (χ1) is 8.14. The molecule has 0 aromatic rings. The zero-order chi connectivity index (χ0) is 14.0. The predicted molar refractivity (Wildman–Crippen MR) is 61.5 cm³/mol. The van der Waals surface area contributed by atoms with Gasteiger partial charge >= 0.3 is 6.18 Å². The Balaban J connectivity index is 2.49. The van der Waals surface area contributed by atoms with E-state index in [1.807, 2.05) is 0 Å². The highest BCUT2D eigenvalue weighted by Crippen LogP contribution is 2.26. The molecule has 9 heteroatoms. The van der Waals surface area contributed by atoms with Gasteiger partial charge in [0.25, 0.3) is 0 Å². The van der Waals surface area contributed by atoms with Crippen molar-refractivity contribution in [3.05, 3.63) is 0 Å². The fourth-order valence-corrected chi connectivity index (χ4v) is 2.69. The minimum atomic E-state index is -4.30. The lowest BCUT2D eigenvalue weighted by Gasteiger charge is -2.35. The quantitative estimate of drug-likeness (QED) is 0.772. The van der Waals surface area contributed by atoms with Crippen LogP contribution < -0.4 is 5.73 Å². The van der Waals surface area contributed by atoms with Crippen molar-refractivity contribution in [2.45, 2.75) is 6.18 Å². The first-order valence-corrected chi connectivity index (χ1v) is 7.43. The maximum atomic E-state index is 12.5. The fraction of sp³-hybridized carbons (Fsp3) is 1.00. The SMILES string of the molecule is CS(=O)(=O)N1CCN(CC(CN)C(F)(F)F)CC1. The van der Waals surface area contributed by atoms with E-state index in [1.54, 1.807) is 4.90 Å². The molecule has 0 saturated carbocycles. The standard InChI is InChI=1S/C9H18F3N3O2S/c1-18(16,17)15-4-2-14(3-5-15)7-8(6-13)9(10,11)12/h8H,2-7,13H2,1H3. The molecule has 1 atom stereocenters. The van der Waals surface area contributed by atoms with Crippen LogP contribution in [0.2, 0.25) is 0 Å². The Kier molecular flexibility index (Phi) is 4.98. The third-order valence-electron chi connectivity index (χ3n) is 3.03. The normalized spacial score (nSPS) is 22.1. The van der Waals surface area contributed by atoms with Gasteiger partial charge in [0.15, 0.2) is 0 Å². The van der Waals surface area contributed by atoms with Crippen LogP contribution in [0.15, 0.2) is 0 Å². The van der Waals surface area contributed by atoms with Crippen LogP contribution in [0.4, 0.5) is 13.2 Å². The molecule has 1 aliphatic heterocycles. The molecule has 0 amide bonds. The third-order valence-corrected chi connectivity index (χ3v) is 4.33. The number of piperazine rings is 1. The molecule has 108 valence electrons. The second-order valence-corrected chi connectivity index (χ2v) is 6.42. The summed E-state index contributed by atoms with van der Waals surface area (Å²) in [7, 11) is -3.25. The molecule has 18 heavy (non-hydrogen) atoms. The number of nitrogens with two attached hydrogens (primary N) is 1. The Labute approximate surface area is 105 Å². The van der Waals surface area contributed by atoms with E-state index in [4.69, 9.17) is 5.73 Å². The molecular formula is C9H18F3N3O2S. The average molecular weight is 289 g/mol. The van der Waals surface area contributed by atoms with Gasteiger partial charge in [-0.25, -0.2) is 8.42 Å². The van der Waals surface area contributed by atoms with Gasteiger partial charge < -0.3 is 10.6 Å². The summed E-state index contributed by atoms with van der Waals surface area (Å²) >= 11 is 0. The van der Waals surface area contributed by atoms with E-state index in [0.29, 0.717) is 13.1 Å². The van der Waals surface area contributed by atoms with Gasteiger partial charge in [-0.2, -0.15) is 17.5 Å². The van der Waals surface area contributed by atoms with Gasteiger partial charge in [0.1, 0.15) is 0 Å². The highest BCUT2D eigenvalue weighted by molar-refractivity contribution is 7.88. The average Bonchev–Trinajstić information content (AvgIpc) is 2.23.